The SMILES string of the molecule is CCC1(CNc2nc(Br)cn3ccnc23)CCCC1. The molecular formula is C14H19BrN4. The van der Waals surface area contributed by atoms with Gasteiger partial charge in [-0.2, -0.15) is 0 Å². The van der Waals surface area contributed by atoms with E-state index in [0.717, 1.165) is 22.6 Å². The minimum absolute atomic E-state index is 0.452. The van der Waals surface area contributed by atoms with Gasteiger partial charge in [0.05, 0.1) is 0 Å². The molecular weight excluding hydrogens is 304 g/mol. The zero-order valence-electron chi connectivity index (χ0n) is 11.2. The molecule has 1 N–H and O–H groups in total. The van der Waals surface area contributed by atoms with E-state index in [1.165, 1.54) is 32.1 Å². The normalized spacial score (nSPS) is 18.0. The highest BCUT2D eigenvalue weighted by atomic mass is 79.9. The van der Waals surface area contributed by atoms with Crippen molar-refractivity contribution in [1.29, 1.82) is 0 Å². The molecule has 0 spiro atoms. The highest BCUT2D eigenvalue weighted by Crippen LogP contribution is 2.41. The minimum atomic E-state index is 0.452. The largest absolute Gasteiger partial charge is 0.366 e. The fourth-order valence-electron chi connectivity index (χ4n) is 3.07. The standard InChI is InChI=1S/C14H19BrN4/c1-2-14(5-3-4-6-14)10-17-12-13-16-7-8-19(13)9-11(15)18-12/h7-9H,2-6,10H2,1H3,(H,17,18). The van der Waals surface area contributed by atoms with E-state index in [-0.39, 0.29) is 0 Å². The molecule has 4 nitrogen and oxygen atoms in total. The summed E-state index contributed by atoms with van der Waals surface area (Å²) in [4.78, 5) is 8.89. The molecule has 0 amide bonds. The lowest BCUT2D eigenvalue weighted by Gasteiger charge is -2.28. The van der Waals surface area contributed by atoms with Crippen LogP contribution in [0.1, 0.15) is 39.0 Å². The number of halogens is 1. The Morgan fingerprint density at radius 1 is 1.42 bits per heavy atom. The van der Waals surface area contributed by atoms with E-state index in [0.29, 0.717) is 5.41 Å². The molecule has 19 heavy (non-hydrogen) atoms. The number of hydrogen-bond donors (Lipinski definition) is 1. The van der Waals surface area contributed by atoms with Gasteiger partial charge in [0.2, 0.25) is 0 Å². The Morgan fingerprint density at radius 2 is 2.21 bits per heavy atom. The summed E-state index contributed by atoms with van der Waals surface area (Å²) in [5.41, 5.74) is 1.35. The molecule has 0 radical (unpaired) electrons. The first-order valence-electron chi connectivity index (χ1n) is 6.95. The summed E-state index contributed by atoms with van der Waals surface area (Å²) in [5, 5.41) is 3.52. The number of rotatable bonds is 4. The van der Waals surface area contributed by atoms with Gasteiger partial charge in [0, 0.05) is 25.1 Å². The number of nitrogens with one attached hydrogen (secondary N) is 1. The summed E-state index contributed by atoms with van der Waals surface area (Å²) in [6.45, 7) is 3.29. The number of aromatic nitrogens is 3. The molecule has 102 valence electrons. The molecule has 2 aromatic heterocycles. The highest BCUT2D eigenvalue weighted by Gasteiger charge is 2.31. The maximum absolute atomic E-state index is 4.52. The monoisotopic (exact) mass is 322 g/mol. The zero-order chi connectivity index (χ0) is 13.3. The lowest BCUT2D eigenvalue weighted by atomic mass is 9.83. The third kappa shape index (κ3) is 2.48. The maximum atomic E-state index is 4.52. The van der Waals surface area contributed by atoms with E-state index < -0.39 is 0 Å². The van der Waals surface area contributed by atoms with Gasteiger partial charge in [0.25, 0.3) is 0 Å². The summed E-state index contributed by atoms with van der Waals surface area (Å²) < 4.78 is 2.82. The molecule has 2 aromatic rings. The van der Waals surface area contributed by atoms with Crippen molar-refractivity contribution in [1.82, 2.24) is 14.4 Å². The average Bonchev–Trinajstić information content (AvgIpc) is 3.05. The van der Waals surface area contributed by atoms with E-state index >= 15 is 0 Å². The molecule has 0 atom stereocenters. The van der Waals surface area contributed by atoms with Crippen LogP contribution in [-0.2, 0) is 0 Å². The van der Waals surface area contributed by atoms with Gasteiger partial charge in [-0.25, -0.2) is 9.97 Å². The number of nitrogens with zero attached hydrogens (tertiary/aromatic N) is 3. The molecule has 3 rings (SSSR count). The van der Waals surface area contributed by atoms with Gasteiger partial charge in [-0.15, -0.1) is 0 Å². The van der Waals surface area contributed by atoms with Gasteiger partial charge in [-0.3, -0.25) is 0 Å². The molecule has 1 aliphatic carbocycles. The minimum Gasteiger partial charge on any atom is -0.366 e. The first-order valence-corrected chi connectivity index (χ1v) is 7.75. The van der Waals surface area contributed by atoms with Crippen LogP contribution in [0.15, 0.2) is 23.2 Å². The second-order valence-electron chi connectivity index (χ2n) is 5.48. The van der Waals surface area contributed by atoms with E-state index in [2.05, 4.69) is 38.1 Å². The molecule has 1 aliphatic rings. The molecule has 0 saturated heterocycles. The van der Waals surface area contributed by atoms with Gasteiger partial charge in [0.1, 0.15) is 4.60 Å². The van der Waals surface area contributed by atoms with E-state index in [1.54, 1.807) is 6.20 Å². The van der Waals surface area contributed by atoms with Gasteiger partial charge in [-0.1, -0.05) is 19.8 Å². The predicted octanol–water partition coefficient (Wildman–Crippen LogP) is 3.87. The molecule has 0 unspecified atom stereocenters. The molecule has 0 bridgehead atoms. The molecule has 0 aliphatic heterocycles. The Hall–Kier alpha value is -1.10. The van der Waals surface area contributed by atoms with Crippen molar-refractivity contribution in [2.24, 2.45) is 5.41 Å². The van der Waals surface area contributed by atoms with Crippen molar-refractivity contribution in [3.8, 4) is 0 Å². The summed E-state index contributed by atoms with van der Waals surface area (Å²) >= 11 is 3.45. The van der Waals surface area contributed by atoms with Crippen molar-refractivity contribution in [3.63, 3.8) is 0 Å². The molecule has 1 fully saturated rings. The summed E-state index contributed by atoms with van der Waals surface area (Å²) in [5.74, 6) is 0.874. The zero-order valence-corrected chi connectivity index (χ0v) is 12.8. The maximum Gasteiger partial charge on any atom is 0.180 e. The van der Waals surface area contributed by atoms with Crippen LogP contribution in [0.2, 0.25) is 0 Å². The lowest BCUT2D eigenvalue weighted by Crippen LogP contribution is -2.26. The number of imidazole rings is 1. The van der Waals surface area contributed by atoms with Crippen LogP contribution in [0.3, 0.4) is 0 Å². The van der Waals surface area contributed by atoms with Crippen molar-refractivity contribution < 1.29 is 0 Å². The average molecular weight is 323 g/mol. The first kappa shape index (κ1) is 12.9. The first-order chi connectivity index (χ1) is 9.22. The topological polar surface area (TPSA) is 42.2 Å². The van der Waals surface area contributed by atoms with E-state index in [9.17, 15) is 0 Å². The van der Waals surface area contributed by atoms with Crippen LogP contribution in [0.4, 0.5) is 5.82 Å². The van der Waals surface area contributed by atoms with Crippen molar-refractivity contribution >= 4 is 27.4 Å². The van der Waals surface area contributed by atoms with Crippen LogP contribution in [0, 0.1) is 5.41 Å². The Balaban J connectivity index is 1.83. The van der Waals surface area contributed by atoms with Gasteiger partial charge in [0.15, 0.2) is 11.5 Å². The second kappa shape index (κ2) is 5.12. The van der Waals surface area contributed by atoms with Gasteiger partial charge >= 0.3 is 0 Å². The Kier molecular flexibility index (Phi) is 3.48. The van der Waals surface area contributed by atoms with Gasteiger partial charge in [-0.05, 0) is 40.6 Å². The summed E-state index contributed by atoms with van der Waals surface area (Å²) in [7, 11) is 0. The van der Waals surface area contributed by atoms with E-state index in [4.69, 9.17) is 0 Å². The van der Waals surface area contributed by atoms with Crippen LogP contribution >= 0.6 is 15.9 Å². The number of fused-ring (bicyclic) bond motifs is 1. The third-order valence-electron chi connectivity index (χ3n) is 4.39. The van der Waals surface area contributed by atoms with Gasteiger partial charge < -0.3 is 9.72 Å². The lowest BCUT2D eigenvalue weighted by molar-refractivity contribution is 0.306. The van der Waals surface area contributed by atoms with Crippen molar-refractivity contribution in [2.75, 3.05) is 11.9 Å². The van der Waals surface area contributed by atoms with Crippen LogP contribution < -0.4 is 5.32 Å². The van der Waals surface area contributed by atoms with Crippen LogP contribution in [-0.4, -0.2) is 20.9 Å². The number of anilines is 1. The van der Waals surface area contributed by atoms with Crippen molar-refractivity contribution in [2.45, 2.75) is 39.0 Å². The predicted molar refractivity (Wildman–Crippen MR) is 80.4 cm³/mol. The quantitative estimate of drug-likeness (QED) is 0.928. The highest BCUT2D eigenvalue weighted by molar-refractivity contribution is 9.10. The van der Waals surface area contributed by atoms with Crippen LogP contribution in [0.5, 0.6) is 0 Å². The summed E-state index contributed by atoms with van der Waals surface area (Å²) in [6, 6.07) is 0. The Bertz CT molecular complexity index is 572. The molecule has 5 heteroatoms. The van der Waals surface area contributed by atoms with Crippen molar-refractivity contribution in [3.05, 3.63) is 23.2 Å². The molecule has 2 heterocycles. The fraction of sp³-hybridized carbons (Fsp3) is 0.571. The Morgan fingerprint density at radius 3 is 2.95 bits per heavy atom. The smallest absolute Gasteiger partial charge is 0.180 e. The third-order valence-corrected chi connectivity index (χ3v) is 4.77. The molecule has 0 aromatic carbocycles. The second-order valence-corrected chi connectivity index (χ2v) is 6.30. The Labute approximate surface area is 121 Å². The van der Waals surface area contributed by atoms with E-state index in [1.807, 2.05) is 16.8 Å². The fourth-order valence-corrected chi connectivity index (χ4v) is 3.47. The number of hydrogen-bond acceptors (Lipinski definition) is 3. The van der Waals surface area contributed by atoms with Crippen LogP contribution in [0.25, 0.3) is 5.65 Å². The molecule has 1 saturated carbocycles. The summed E-state index contributed by atoms with van der Waals surface area (Å²) in [6.07, 6.45) is 12.3.